The SMILES string of the molecule is CCCCN1C=CN2[C]1=[Ru]([Br])([Br])=[C]1N(CCCC)C=CN1c1cccc2n1. The molecule has 1 aromatic rings. The average Bonchev–Trinajstić information content (AvgIpc) is 3.29. The van der Waals surface area contributed by atoms with E-state index < -0.39 is 9.95 Å². The molecule has 4 rings (SSSR count). The zero-order valence-electron chi connectivity index (χ0n) is 15.6. The fraction of sp³-hybridized carbons (Fsp3) is 0.421. The number of nitrogens with zero attached hydrogens (tertiary/aromatic N) is 5. The number of fused-ring (bicyclic) bond motifs is 6. The van der Waals surface area contributed by atoms with Gasteiger partial charge in [0.2, 0.25) is 0 Å². The van der Waals surface area contributed by atoms with Crippen molar-refractivity contribution >= 4 is 47.6 Å². The van der Waals surface area contributed by atoms with Crippen LogP contribution in [0.5, 0.6) is 0 Å². The number of halogens is 2. The van der Waals surface area contributed by atoms with Gasteiger partial charge in [0.1, 0.15) is 0 Å². The molecule has 5 nitrogen and oxygen atoms in total. The number of hydrogen-bond donors (Lipinski definition) is 0. The molecular formula is C19H25Br2N5Ru. The van der Waals surface area contributed by atoms with Gasteiger partial charge in [-0.15, -0.1) is 0 Å². The third-order valence-electron chi connectivity index (χ3n) is 4.75. The molecule has 0 spiro atoms. The van der Waals surface area contributed by atoms with E-state index in [4.69, 9.17) is 4.98 Å². The van der Waals surface area contributed by atoms with Crippen LogP contribution in [-0.4, -0.2) is 36.6 Å². The van der Waals surface area contributed by atoms with Gasteiger partial charge in [0, 0.05) is 0 Å². The molecule has 0 aliphatic carbocycles. The van der Waals surface area contributed by atoms with E-state index in [2.05, 4.69) is 104 Å². The van der Waals surface area contributed by atoms with Gasteiger partial charge in [0.25, 0.3) is 0 Å². The Kier molecular flexibility index (Phi) is 5.68. The molecule has 148 valence electrons. The van der Waals surface area contributed by atoms with Crippen LogP contribution in [0.25, 0.3) is 0 Å². The summed E-state index contributed by atoms with van der Waals surface area (Å²) in [5.74, 6) is 1.95. The Balaban J connectivity index is 1.94. The molecule has 0 saturated heterocycles. The van der Waals surface area contributed by atoms with E-state index in [9.17, 15) is 0 Å². The quantitative estimate of drug-likeness (QED) is 0.447. The monoisotopic (exact) mass is 583 g/mol. The van der Waals surface area contributed by atoms with Crippen molar-refractivity contribution in [1.29, 1.82) is 0 Å². The summed E-state index contributed by atoms with van der Waals surface area (Å²) in [4.78, 5) is 14.3. The van der Waals surface area contributed by atoms with Crippen LogP contribution in [0, 0.1) is 0 Å². The van der Waals surface area contributed by atoms with Gasteiger partial charge in [-0.3, -0.25) is 0 Å². The fourth-order valence-corrected chi connectivity index (χ4v) is 14.3. The molecule has 1 aromatic heterocycles. The summed E-state index contributed by atoms with van der Waals surface area (Å²) in [5, 5.41) is 0. The number of rotatable bonds is 6. The molecule has 0 unspecified atom stereocenters. The molecule has 0 atom stereocenters. The van der Waals surface area contributed by atoms with Crippen molar-refractivity contribution in [2.24, 2.45) is 0 Å². The maximum absolute atomic E-state index is 4.95. The molecule has 3 aliphatic heterocycles. The zero-order valence-corrected chi connectivity index (χ0v) is 20.5. The molecule has 2 bridgehead atoms. The van der Waals surface area contributed by atoms with E-state index >= 15 is 0 Å². The van der Waals surface area contributed by atoms with Crippen LogP contribution in [0.3, 0.4) is 0 Å². The molecule has 27 heavy (non-hydrogen) atoms. The summed E-state index contributed by atoms with van der Waals surface area (Å²) < 4.78 is 2.60. The van der Waals surface area contributed by atoms with Crippen molar-refractivity contribution in [3.8, 4) is 0 Å². The zero-order chi connectivity index (χ0) is 19.0. The molecule has 8 heteroatoms. The summed E-state index contributed by atoms with van der Waals surface area (Å²) >= 11 is 8.45. The second kappa shape index (κ2) is 7.88. The number of pyridine rings is 1. The number of aromatic nitrogens is 1. The molecule has 0 saturated carbocycles. The van der Waals surface area contributed by atoms with Gasteiger partial charge in [-0.2, -0.15) is 0 Å². The van der Waals surface area contributed by atoms with Crippen molar-refractivity contribution in [3.63, 3.8) is 0 Å². The summed E-state index contributed by atoms with van der Waals surface area (Å²) in [6.07, 6.45) is 13.4. The van der Waals surface area contributed by atoms with Crippen LogP contribution >= 0.6 is 27.2 Å². The van der Waals surface area contributed by atoms with Gasteiger partial charge in [0.05, 0.1) is 0 Å². The van der Waals surface area contributed by atoms with E-state index in [0.717, 1.165) is 24.7 Å². The fourth-order valence-electron chi connectivity index (χ4n) is 3.35. The first-order valence-electron chi connectivity index (χ1n) is 9.40. The Morgan fingerprint density at radius 2 is 1.30 bits per heavy atom. The van der Waals surface area contributed by atoms with Gasteiger partial charge < -0.3 is 0 Å². The summed E-state index contributed by atoms with van der Waals surface area (Å²) in [6, 6.07) is 6.27. The minimum absolute atomic E-state index is 0.974. The van der Waals surface area contributed by atoms with Crippen LogP contribution in [0.1, 0.15) is 39.5 Å². The second-order valence-corrected chi connectivity index (χ2v) is 24.7. The predicted molar refractivity (Wildman–Crippen MR) is 119 cm³/mol. The van der Waals surface area contributed by atoms with E-state index in [0.29, 0.717) is 0 Å². The third-order valence-corrected chi connectivity index (χ3v) is 14.5. The van der Waals surface area contributed by atoms with E-state index in [-0.39, 0.29) is 0 Å². The summed E-state index contributed by atoms with van der Waals surface area (Å²) in [5.41, 5.74) is 0. The van der Waals surface area contributed by atoms with Crippen molar-refractivity contribution in [1.82, 2.24) is 14.8 Å². The number of hydrogen-bond acceptors (Lipinski definition) is 5. The Morgan fingerprint density at radius 1 is 0.815 bits per heavy atom. The number of unbranched alkanes of at least 4 members (excludes halogenated alkanes) is 2. The molecule has 0 N–H and O–H groups in total. The van der Waals surface area contributed by atoms with Crippen molar-refractivity contribution in [3.05, 3.63) is 43.0 Å². The molecule has 4 heterocycles. The molecule has 0 radical (unpaired) electrons. The Labute approximate surface area is 176 Å². The predicted octanol–water partition coefficient (Wildman–Crippen LogP) is 4.83. The average molecular weight is 584 g/mol. The van der Waals surface area contributed by atoms with E-state index in [1.807, 2.05) is 0 Å². The minimum atomic E-state index is -2.75. The first-order chi connectivity index (χ1) is 13.1. The molecule has 0 fully saturated rings. The standard InChI is InChI=1S/C19H25N5.2BrH.Ru/c1-3-5-10-21-12-14-23(16-21)18-8-7-9-19(20-18)24-15-13-22(17-24)11-6-4-2;;;/h7-9,12-15H,3-6,10-11H2,1-2H3;2*1H;/q;;;+2/p-2. The van der Waals surface area contributed by atoms with Gasteiger partial charge in [-0.25, -0.2) is 0 Å². The number of anilines is 2. The molecular weight excluding hydrogens is 559 g/mol. The van der Waals surface area contributed by atoms with Crippen molar-refractivity contribution in [2.75, 3.05) is 22.9 Å². The van der Waals surface area contributed by atoms with Gasteiger partial charge in [-0.1, -0.05) is 0 Å². The first kappa shape index (κ1) is 19.5. The third kappa shape index (κ3) is 3.38. The Morgan fingerprint density at radius 3 is 1.74 bits per heavy atom. The molecule has 3 aliphatic rings. The first-order valence-corrected chi connectivity index (χ1v) is 19.1. The Bertz CT molecular complexity index is 843. The van der Waals surface area contributed by atoms with Crippen LogP contribution < -0.4 is 9.80 Å². The maximum atomic E-state index is 4.95. The van der Waals surface area contributed by atoms with Crippen LogP contribution in [-0.2, 0) is 9.95 Å². The Hall–Kier alpha value is -0.847. The van der Waals surface area contributed by atoms with Crippen molar-refractivity contribution < 1.29 is 9.95 Å². The topological polar surface area (TPSA) is 25.9 Å². The van der Waals surface area contributed by atoms with Gasteiger partial charge in [-0.05, 0) is 0 Å². The summed E-state index contributed by atoms with van der Waals surface area (Å²) in [7, 11) is -2.75. The van der Waals surface area contributed by atoms with Crippen LogP contribution in [0.15, 0.2) is 43.0 Å². The normalized spacial score (nSPS) is 20.7. The molecule has 0 aromatic carbocycles. The van der Waals surface area contributed by atoms with Gasteiger partial charge in [0.15, 0.2) is 0 Å². The van der Waals surface area contributed by atoms with Crippen molar-refractivity contribution in [2.45, 2.75) is 39.5 Å². The van der Waals surface area contributed by atoms with E-state index in [1.165, 1.54) is 34.4 Å². The van der Waals surface area contributed by atoms with E-state index in [1.54, 1.807) is 0 Å². The van der Waals surface area contributed by atoms with Gasteiger partial charge >= 0.3 is 178 Å². The van der Waals surface area contributed by atoms with Crippen LogP contribution in [0.2, 0.25) is 0 Å². The second-order valence-electron chi connectivity index (χ2n) is 6.71. The molecule has 0 amide bonds. The summed E-state index contributed by atoms with van der Waals surface area (Å²) in [6.45, 7) is 6.53. The van der Waals surface area contributed by atoms with Crippen LogP contribution in [0.4, 0.5) is 11.6 Å².